The number of benzene rings is 11. The van der Waals surface area contributed by atoms with Crippen molar-refractivity contribution in [3.63, 3.8) is 0 Å². The van der Waals surface area contributed by atoms with Gasteiger partial charge in [-0.2, -0.15) is 0 Å². The van der Waals surface area contributed by atoms with Crippen LogP contribution in [0.2, 0.25) is 0 Å². The van der Waals surface area contributed by atoms with Crippen LogP contribution in [0.15, 0.2) is 243 Å². The van der Waals surface area contributed by atoms with E-state index in [0.29, 0.717) is 0 Å². The number of aromatic nitrogens is 2. The smallest absolute Gasteiger partial charge is 0.0734 e. The highest BCUT2D eigenvalue weighted by Crippen LogP contribution is 2.59. The Morgan fingerprint density at radius 2 is 0.785 bits per heavy atom. The second-order valence-electron chi connectivity index (χ2n) is 17.6. The summed E-state index contributed by atoms with van der Waals surface area (Å²) in [6, 6.07) is 90.2. The molecule has 1 aliphatic rings. The van der Waals surface area contributed by atoms with Gasteiger partial charge in [-0.1, -0.05) is 200 Å². The van der Waals surface area contributed by atoms with Crippen molar-refractivity contribution in [3.05, 3.63) is 265 Å². The monoisotopic (exact) mass is 824 g/mol. The number of hydrogen-bond donors (Lipinski definition) is 0. The molecule has 2 nitrogen and oxygen atoms in total. The number of nitrogens with zero attached hydrogens (tertiary/aromatic N) is 2. The predicted molar refractivity (Wildman–Crippen MR) is 273 cm³/mol. The maximum atomic E-state index is 2.59. The Bertz CT molecular complexity index is 4010. The van der Waals surface area contributed by atoms with Crippen LogP contribution in [0.3, 0.4) is 0 Å². The average Bonchev–Trinajstić information content (AvgIpc) is 4.00. The van der Waals surface area contributed by atoms with Gasteiger partial charge in [-0.3, -0.25) is 0 Å². The summed E-state index contributed by atoms with van der Waals surface area (Å²) in [6.45, 7) is 0. The Kier molecular flexibility index (Phi) is 7.64. The molecule has 0 spiro atoms. The summed E-state index contributed by atoms with van der Waals surface area (Å²) < 4.78 is 5.03. The van der Waals surface area contributed by atoms with Crippen molar-refractivity contribution in [1.29, 1.82) is 0 Å². The molecule has 0 bridgehead atoms. The third-order valence-corrected chi connectivity index (χ3v) is 14.4. The lowest BCUT2D eigenvalue weighted by molar-refractivity contribution is 0.772. The molecule has 302 valence electrons. The van der Waals surface area contributed by atoms with Gasteiger partial charge in [0, 0.05) is 37.9 Å². The molecule has 0 N–H and O–H groups in total. The second-order valence-corrected chi connectivity index (χ2v) is 17.6. The van der Waals surface area contributed by atoms with E-state index in [-0.39, 0.29) is 0 Å². The summed E-state index contributed by atoms with van der Waals surface area (Å²) >= 11 is 0. The second kappa shape index (κ2) is 13.8. The Labute approximate surface area is 376 Å². The quantitative estimate of drug-likeness (QED) is 0.164. The van der Waals surface area contributed by atoms with Crippen molar-refractivity contribution >= 4 is 65.2 Å². The van der Waals surface area contributed by atoms with Gasteiger partial charge in [0.05, 0.1) is 38.9 Å². The molecule has 0 saturated carbocycles. The molecule has 0 amide bonds. The van der Waals surface area contributed by atoms with E-state index in [1.54, 1.807) is 0 Å². The standard InChI is InChI=1S/C63H40N2/c1-3-21-45(22-4-1)63(46-23-5-2-6-24-46)55-29-13-11-27-49(55)51-35-36-52-54-40-44(34-38-60(54)65(62(52)61(51)63)57-32-16-20-42-18-8-10-26-48(42)57)43-33-37-59-53(39-43)50-28-12-14-30-58(50)64(59)56-31-15-19-41-17-7-9-25-47(41)56/h1-40H. The first kappa shape index (κ1) is 36.1. The van der Waals surface area contributed by atoms with Gasteiger partial charge in [0.25, 0.3) is 0 Å². The topological polar surface area (TPSA) is 9.86 Å². The van der Waals surface area contributed by atoms with Gasteiger partial charge in [0.15, 0.2) is 0 Å². The normalized spacial score (nSPS) is 13.0. The van der Waals surface area contributed by atoms with Gasteiger partial charge in [-0.15, -0.1) is 0 Å². The van der Waals surface area contributed by atoms with Crippen molar-refractivity contribution < 1.29 is 0 Å². The van der Waals surface area contributed by atoms with Gasteiger partial charge in [0.2, 0.25) is 0 Å². The molecular weight excluding hydrogens is 785 g/mol. The average molecular weight is 825 g/mol. The van der Waals surface area contributed by atoms with Gasteiger partial charge >= 0.3 is 0 Å². The fraction of sp³-hybridized carbons (Fsp3) is 0.0159. The maximum absolute atomic E-state index is 2.59. The van der Waals surface area contributed by atoms with Crippen LogP contribution in [0, 0.1) is 0 Å². The molecule has 0 unspecified atom stereocenters. The number of para-hydroxylation sites is 1. The van der Waals surface area contributed by atoms with Crippen LogP contribution in [-0.4, -0.2) is 9.13 Å². The molecule has 65 heavy (non-hydrogen) atoms. The Balaban J connectivity index is 1.08. The molecule has 0 saturated heterocycles. The first-order valence-corrected chi connectivity index (χ1v) is 22.6. The lowest BCUT2D eigenvalue weighted by Gasteiger charge is -2.34. The van der Waals surface area contributed by atoms with Crippen molar-refractivity contribution in [2.75, 3.05) is 0 Å². The Morgan fingerprint density at radius 3 is 1.45 bits per heavy atom. The van der Waals surface area contributed by atoms with Crippen LogP contribution in [0.1, 0.15) is 22.3 Å². The Morgan fingerprint density at radius 1 is 0.292 bits per heavy atom. The summed E-state index contributed by atoms with van der Waals surface area (Å²) in [5.74, 6) is 0. The van der Waals surface area contributed by atoms with E-state index in [0.717, 1.165) is 0 Å². The number of hydrogen-bond acceptors (Lipinski definition) is 0. The minimum absolute atomic E-state index is 0.573. The molecule has 1 aliphatic carbocycles. The highest BCUT2D eigenvalue weighted by Gasteiger charge is 2.48. The van der Waals surface area contributed by atoms with E-state index in [1.807, 2.05) is 0 Å². The van der Waals surface area contributed by atoms with Crippen LogP contribution in [0.25, 0.3) is 98.8 Å². The fourth-order valence-corrected chi connectivity index (χ4v) is 11.7. The molecule has 2 heteroatoms. The summed E-state index contributed by atoms with van der Waals surface area (Å²) in [4.78, 5) is 0. The van der Waals surface area contributed by atoms with E-state index in [2.05, 4.69) is 252 Å². The van der Waals surface area contributed by atoms with Crippen LogP contribution in [-0.2, 0) is 5.41 Å². The third-order valence-electron chi connectivity index (χ3n) is 14.4. The van der Waals surface area contributed by atoms with Crippen LogP contribution in [0.4, 0.5) is 0 Å². The summed E-state index contributed by atoms with van der Waals surface area (Å²) in [5.41, 5.74) is 16.7. The lowest BCUT2D eigenvalue weighted by atomic mass is 9.67. The van der Waals surface area contributed by atoms with E-state index in [9.17, 15) is 0 Å². The zero-order chi connectivity index (χ0) is 42.6. The number of fused-ring (bicyclic) bond motifs is 12. The highest BCUT2D eigenvalue weighted by molar-refractivity contribution is 6.16. The van der Waals surface area contributed by atoms with E-state index >= 15 is 0 Å². The van der Waals surface area contributed by atoms with Crippen LogP contribution < -0.4 is 0 Å². The van der Waals surface area contributed by atoms with Crippen LogP contribution in [0.5, 0.6) is 0 Å². The molecule has 0 aliphatic heterocycles. The molecule has 0 fully saturated rings. The van der Waals surface area contributed by atoms with E-state index in [1.165, 1.54) is 121 Å². The van der Waals surface area contributed by atoms with Gasteiger partial charge in [-0.05, 0) is 92.2 Å². The van der Waals surface area contributed by atoms with Gasteiger partial charge in [-0.25, -0.2) is 0 Å². The maximum Gasteiger partial charge on any atom is 0.0734 e. The SMILES string of the molecule is c1ccc(C2(c3ccccc3)c3ccccc3-c3ccc4c5cc(-c6ccc7c(c6)c6ccccc6n7-c6cccc7ccccc67)ccc5n(-c5cccc6ccccc56)c4c32)cc1. The zero-order valence-corrected chi connectivity index (χ0v) is 35.5. The molecule has 2 aromatic heterocycles. The first-order chi connectivity index (χ1) is 32.3. The molecule has 13 aromatic rings. The van der Waals surface area contributed by atoms with Gasteiger partial charge in [0.1, 0.15) is 0 Å². The first-order valence-electron chi connectivity index (χ1n) is 22.6. The highest BCUT2D eigenvalue weighted by atomic mass is 15.0. The minimum Gasteiger partial charge on any atom is -0.309 e. The van der Waals surface area contributed by atoms with Crippen molar-refractivity contribution in [2.24, 2.45) is 0 Å². The van der Waals surface area contributed by atoms with Crippen molar-refractivity contribution in [3.8, 4) is 33.6 Å². The molecule has 0 radical (unpaired) electrons. The predicted octanol–water partition coefficient (Wildman–Crippen LogP) is 16.2. The lowest BCUT2D eigenvalue weighted by Crippen LogP contribution is -2.29. The molecule has 14 rings (SSSR count). The summed E-state index contributed by atoms with van der Waals surface area (Å²) in [5, 5.41) is 9.90. The zero-order valence-electron chi connectivity index (χ0n) is 35.5. The fourth-order valence-electron chi connectivity index (χ4n) is 11.7. The molecule has 2 heterocycles. The van der Waals surface area contributed by atoms with E-state index < -0.39 is 5.41 Å². The third kappa shape index (κ3) is 4.99. The van der Waals surface area contributed by atoms with Crippen molar-refractivity contribution in [1.82, 2.24) is 9.13 Å². The summed E-state index contributed by atoms with van der Waals surface area (Å²) in [6.07, 6.45) is 0. The van der Waals surface area contributed by atoms with Crippen molar-refractivity contribution in [2.45, 2.75) is 5.41 Å². The molecule has 0 atom stereocenters. The molecule has 11 aromatic carbocycles. The number of rotatable bonds is 5. The van der Waals surface area contributed by atoms with Crippen LogP contribution >= 0.6 is 0 Å². The molecular formula is C63H40N2. The minimum atomic E-state index is -0.573. The largest absolute Gasteiger partial charge is 0.309 e. The Hall–Kier alpha value is -8.46. The summed E-state index contributed by atoms with van der Waals surface area (Å²) in [7, 11) is 0. The van der Waals surface area contributed by atoms with E-state index in [4.69, 9.17) is 0 Å². The van der Waals surface area contributed by atoms with Gasteiger partial charge < -0.3 is 9.13 Å².